The predicted molar refractivity (Wildman–Crippen MR) is 98.2 cm³/mol. The summed E-state index contributed by atoms with van der Waals surface area (Å²) in [6.45, 7) is 4.13. The number of amides is 1. The van der Waals surface area contributed by atoms with Crippen LogP contribution in [0.2, 0.25) is 0 Å². The van der Waals surface area contributed by atoms with Crippen LogP contribution in [-0.2, 0) is 0 Å². The zero-order valence-corrected chi connectivity index (χ0v) is 14.8. The van der Waals surface area contributed by atoms with Gasteiger partial charge >= 0.3 is 0 Å². The molecule has 2 heterocycles. The molecule has 0 unspecified atom stereocenters. The molecule has 2 aromatic rings. The van der Waals surface area contributed by atoms with Gasteiger partial charge in [0.05, 0.1) is 17.1 Å². The van der Waals surface area contributed by atoms with Crippen LogP contribution in [0, 0.1) is 11.3 Å². The molecule has 124 valence electrons. The van der Waals surface area contributed by atoms with Gasteiger partial charge in [0.15, 0.2) is 0 Å². The summed E-state index contributed by atoms with van der Waals surface area (Å²) in [5, 5.41) is 13.5. The molecule has 0 spiro atoms. The number of nitrogens with zero attached hydrogens (tertiary/aromatic N) is 2. The van der Waals surface area contributed by atoms with Crippen LogP contribution in [0.25, 0.3) is 10.9 Å². The van der Waals surface area contributed by atoms with Crippen LogP contribution in [-0.4, -0.2) is 27.9 Å². The molecule has 0 saturated carbocycles. The first-order valence-corrected chi connectivity index (χ1v) is 9.41. The third-order valence-electron chi connectivity index (χ3n) is 4.49. The molecule has 24 heavy (non-hydrogen) atoms. The van der Waals surface area contributed by atoms with Crippen LogP contribution in [0.15, 0.2) is 30.3 Å². The summed E-state index contributed by atoms with van der Waals surface area (Å²) >= 11 is 1.83. The molecule has 1 amide bonds. The maximum absolute atomic E-state index is 13.0. The van der Waals surface area contributed by atoms with Crippen molar-refractivity contribution in [2.45, 2.75) is 38.1 Å². The number of aromatic nitrogens is 1. The molecule has 0 aliphatic carbocycles. The molecule has 1 aliphatic rings. The van der Waals surface area contributed by atoms with Gasteiger partial charge in [0.2, 0.25) is 0 Å². The predicted octanol–water partition coefficient (Wildman–Crippen LogP) is 3.88. The molecule has 3 rings (SSSR count). The lowest BCUT2D eigenvalue weighted by molar-refractivity contribution is 0.0917. The second-order valence-corrected chi connectivity index (χ2v) is 7.75. The largest absolute Gasteiger partial charge is 0.334 e. The van der Waals surface area contributed by atoms with E-state index in [1.807, 2.05) is 42.1 Å². The zero-order valence-electron chi connectivity index (χ0n) is 14.0. The molecular weight excluding hydrogens is 318 g/mol. The van der Waals surface area contributed by atoms with Crippen LogP contribution in [0.4, 0.5) is 0 Å². The van der Waals surface area contributed by atoms with Gasteiger partial charge in [0.1, 0.15) is 5.54 Å². The monoisotopic (exact) mass is 339 g/mol. The first kappa shape index (κ1) is 16.8. The summed E-state index contributed by atoms with van der Waals surface area (Å²) in [4.78, 5) is 17.6. The summed E-state index contributed by atoms with van der Waals surface area (Å²) < 4.78 is 0. The van der Waals surface area contributed by atoms with Crippen molar-refractivity contribution in [1.82, 2.24) is 10.3 Å². The van der Waals surface area contributed by atoms with Crippen molar-refractivity contribution in [3.8, 4) is 6.07 Å². The molecular formula is C19H21N3OS. The third kappa shape index (κ3) is 3.25. The van der Waals surface area contributed by atoms with E-state index in [0.717, 1.165) is 28.1 Å². The molecule has 0 bridgehead atoms. The maximum Gasteiger partial charge on any atom is 0.253 e. The highest BCUT2D eigenvalue weighted by atomic mass is 32.2. The van der Waals surface area contributed by atoms with Gasteiger partial charge in [0.25, 0.3) is 5.91 Å². The second-order valence-electron chi connectivity index (χ2n) is 6.53. The first-order chi connectivity index (χ1) is 11.5. The van der Waals surface area contributed by atoms with E-state index < -0.39 is 5.54 Å². The molecule has 1 saturated heterocycles. The first-order valence-electron chi connectivity index (χ1n) is 8.26. The van der Waals surface area contributed by atoms with Crippen LogP contribution < -0.4 is 5.32 Å². The zero-order chi connectivity index (χ0) is 17.2. The molecule has 1 aromatic heterocycles. The fourth-order valence-electron chi connectivity index (χ4n) is 2.95. The Morgan fingerprint density at radius 3 is 2.71 bits per heavy atom. The van der Waals surface area contributed by atoms with E-state index >= 15 is 0 Å². The average molecular weight is 339 g/mol. The topological polar surface area (TPSA) is 65.8 Å². The van der Waals surface area contributed by atoms with Crippen LogP contribution >= 0.6 is 11.8 Å². The van der Waals surface area contributed by atoms with E-state index in [1.54, 1.807) is 0 Å². The van der Waals surface area contributed by atoms with Gasteiger partial charge in [-0.3, -0.25) is 9.78 Å². The van der Waals surface area contributed by atoms with Gasteiger partial charge in [-0.15, -0.1) is 0 Å². The quantitative estimate of drug-likeness (QED) is 0.921. The maximum atomic E-state index is 13.0. The lowest BCUT2D eigenvalue weighted by Gasteiger charge is -2.31. The van der Waals surface area contributed by atoms with Gasteiger partial charge < -0.3 is 5.32 Å². The number of carbonyl (C=O) groups is 1. The molecule has 1 fully saturated rings. The van der Waals surface area contributed by atoms with Gasteiger partial charge in [-0.1, -0.05) is 32.0 Å². The lowest BCUT2D eigenvalue weighted by Crippen LogP contribution is -2.49. The lowest BCUT2D eigenvalue weighted by atomic mass is 9.93. The minimum absolute atomic E-state index is 0.177. The van der Waals surface area contributed by atoms with Crippen LogP contribution in [0.3, 0.4) is 0 Å². The fraction of sp³-hybridized carbons (Fsp3) is 0.421. The second kappa shape index (κ2) is 6.82. The van der Waals surface area contributed by atoms with E-state index in [1.165, 1.54) is 0 Å². The number of para-hydroxylation sites is 1. The van der Waals surface area contributed by atoms with E-state index in [9.17, 15) is 10.1 Å². The molecule has 1 aromatic carbocycles. The minimum atomic E-state index is -0.745. The van der Waals surface area contributed by atoms with E-state index in [4.69, 9.17) is 0 Å². The standard InChI is InChI=1S/C19H21N3OS/c1-13(2)17-11-15(14-5-3-4-6-16(14)21-17)18(23)22-19(12-20)7-9-24-10-8-19/h3-6,11,13H,7-10H2,1-2H3,(H,22,23). The fourth-order valence-corrected chi connectivity index (χ4v) is 4.14. The van der Waals surface area contributed by atoms with Crippen molar-refractivity contribution in [3.63, 3.8) is 0 Å². The molecule has 0 atom stereocenters. The number of nitrogens with one attached hydrogen (secondary N) is 1. The van der Waals surface area contributed by atoms with Crippen molar-refractivity contribution in [2.24, 2.45) is 0 Å². The Morgan fingerprint density at radius 1 is 1.33 bits per heavy atom. The van der Waals surface area contributed by atoms with Gasteiger partial charge in [-0.2, -0.15) is 17.0 Å². The molecule has 4 nitrogen and oxygen atoms in total. The summed E-state index contributed by atoms with van der Waals surface area (Å²) in [6.07, 6.45) is 1.39. The van der Waals surface area contributed by atoms with Crippen molar-refractivity contribution in [1.29, 1.82) is 5.26 Å². The number of thioether (sulfide) groups is 1. The highest BCUT2D eigenvalue weighted by Gasteiger charge is 2.34. The summed E-state index contributed by atoms with van der Waals surface area (Å²) in [5.41, 5.74) is 1.57. The van der Waals surface area contributed by atoms with Crippen LogP contribution in [0.5, 0.6) is 0 Å². The summed E-state index contributed by atoms with van der Waals surface area (Å²) in [5.74, 6) is 1.87. The Balaban J connectivity index is 2.01. The highest BCUT2D eigenvalue weighted by molar-refractivity contribution is 7.99. The molecule has 5 heteroatoms. The molecule has 0 radical (unpaired) electrons. The van der Waals surface area contributed by atoms with E-state index in [2.05, 4.69) is 30.2 Å². The smallest absolute Gasteiger partial charge is 0.253 e. The van der Waals surface area contributed by atoms with Gasteiger partial charge in [-0.05, 0) is 42.4 Å². The van der Waals surface area contributed by atoms with Gasteiger partial charge in [-0.25, -0.2) is 0 Å². The number of carbonyl (C=O) groups excluding carboxylic acids is 1. The van der Waals surface area contributed by atoms with Crippen molar-refractivity contribution < 1.29 is 4.79 Å². The SMILES string of the molecule is CC(C)c1cc(C(=O)NC2(C#N)CCSCC2)c2ccccc2n1. The van der Waals surface area contributed by atoms with Crippen molar-refractivity contribution in [3.05, 3.63) is 41.6 Å². The highest BCUT2D eigenvalue weighted by Crippen LogP contribution is 2.28. The Hall–Kier alpha value is -2.06. The summed E-state index contributed by atoms with van der Waals surface area (Å²) in [6, 6.07) is 11.9. The van der Waals surface area contributed by atoms with Gasteiger partial charge in [0, 0.05) is 11.1 Å². The van der Waals surface area contributed by atoms with E-state index in [0.29, 0.717) is 18.4 Å². The third-order valence-corrected chi connectivity index (χ3v) is 5.47. The Kier molecular flexibility index (Phi) is 4.77. The molecule has 1 N–H and O–H groups in total. The Labute approximate surface area is 146 Å². The van der Waals surface area contributed by atoms with Crippen molar-refractivity contribution in [2.75, 3.05) is 11.5 Å². The summed E-state index contributed by atoms with van der Waals surface area (Å²) in [7, 11) is 0. The number of pyridine rings is 1. The number of benzene rings is 1. The number of fused-ring (bicyclic) bond motifs is 1. The molecule has 1 aliphatic heterocycles. The number of rotatable bonds is 3. The number of hydrogen-bond donors (Lipinski definition) is 1. The number of hydrogen-bond acceptors (Lipinski definition) is 4. The van der Waals surface area contributed by atoms with Crippen LogP contribution in [0.1, 0.15) is 48.7 Å². The minimum Gasteiger partial charge on any atom is -0.334 e. The average Bonchev–Trinajstić information content (AvgIpc) is 2.61. The van der Waals surface area contributed by atoms with E-state index in [-0.39, 0.29) is 11.8 Å². The number of nitriles is 1. The Morgan fingerprint density at radius 2 is 2.04 bits per heavy atom. The Bertz CT molecular complexity index is 804. The van der Waals surface area contributed by atoms with Crippen molar-refractivity contribution >= 4 is 28.6 Å². The normalized spacial score (nSPS) is 16.8.